The van der Waals surface area contributed by atoms with Crippen molar-refractivity contribution in [2.24, 2.45) is 0 Å². The lowest BCUT2D eigenvalue weighted by Gasteiger charge is -2.17. The summed E-state index contributed by atoms with van der Waals surface area (Å²) in [6.45, 7) is 2.98. The van der Waals surface area contributed by atoms with Gasteiger partial charge in [0.25, 0.3) is 0 Å². The lowest BCUT2D eigenvalue weighted by Crippen LogP contribution is -2.23. The van der Waals surface area contributed by atoms with E-state index in [2.05, 4.69) is 43.0 Å². The van der Waals surface area contributed by atoms with Gasteiger partial charge in [0.1, 0.15) is 5.75 Å². The van der Waals surface area contributed by atoms with E-state index in [4.69, 9.17) is 4.74 Å². The first-order valence-electron chi connectivity index (χ1n) is 6.07. The van der Waals surface area contributed by atoms with Gasteiger partial charge in [-0.15, -0.1) is 0 Å². The summed E-state index contributed by atoms with van der Waals surface area (Å²) >= 11 is 4.74. The highest BCUT2D eigenvalue weighted by Crippen LogP contribution is 2.27. The van der Waals surface area contributed by atoms with Gasteiger partial charge in [-0.2, -0.15) is 8.75 Å². The molecule has 6 heteroatoms. The van der Waals surface area contributed by atoms with E-state index in [9.17, 15) is 0 Å². The molecule has 0 saturated heterocycles. The van der Waals surface area contributed by atoms with Gasteiger partial charge in [0, 0.05) is 4.47 Å². The van der Waals surface area contributed by atoms with Gasteiger partial charge in [0.2, 0.25) is 0 Å². The molecular formula is C13H16BrN3OS. The summed E-state index contributed by atoms with van der Waals surface area (Å²) in [5.74, 6) is 0.897. The van der Waals surface area contributed by atoms with Crippen LogP contribution in [0.1, 0.15) is 24.2 Å². The van der Waals surface area contributed by atoms with Crippen LogP contribution in [0.4, 0.5) is 0 Å². The largest absolute Gasteiger partial charge is 0.496 e. The Morgan fingerprint density at radius 2 is 2.32 bits per heavy atom. The average Bonchev–Trinajstić information content (AvgIpc) is 2.92. The number of halogens is 1. The molecule has 0 aliphatic heterocycles. The molecule has 0 spiro atoms. The van der Waals surface area contributed by atoms with Gasteiger partial charge in [-0.3, -0.25) is 0 Å². The molecule has 102 valence electrons. The number of methoxy groups -OCH3 is 1. The van der Waals surface area contributed by atoms with E-state index in [0.29, 0.717) is 0 Å². The topological polar surface area (TPSA) is 47.0 Å². The minimum atomic E-state index is 0.159. The van der Waals surface area contributed by atoms with Crippen LogP contribution in [0, 0.1) is 0 Å². The Hall–Kier alpha value is -0.980. The molecule has 0 fully saturated rings. The van der Waals surface area contributed by atoms with E-state index >= 15 is 0 Å². The summed E-state index contributed by atoms with van der Waals surface area (Å²) < 4.78 is 14.9. The molecule has 19 heavy (non-hydrogen) atoms. The summed E-state index contributed by atoms with van der Waals surface area (Å²) in [6, 6.07) is 6.20. The molecule has 0 saturated carbocycles. The van der Waals surface area contributed by atoms with Crippen LogP contribution in [0.5, 0.6) is 5.75 Å². The van der Waals surface area contributed by atoms with Gasteiger partial charge in [-0.1, -0.05) is 22.9 Å². The maximum absolute atomic E-state index is 5.41. The van der Waals surface area contributed by atoms with Crippen molar-refractivity contribution in [3.05, 3.63) is 40.1 Å². The Kier molecular flexibility index (Phi) is 5.30. The van der Waals surface area contributed by atoms with Crippen molar-refractivity contribution in [2.75, 3.05) is 13.7 Å². The van der Waals surface area contributed by atoms with Crippen molar-refractivity contribution in [1.82, 2.24) is 14.1 Å². The molecular weight excluding hydrogens is 326 g/mol. The lowest BCUT2D eigenvalue weighted by atomic mass is 10.0. The van der Waals surface area contributed by atoms with Crippen molar-refractivity contribution in [2.45, 2.75) is 19.4 Å². The predicted molar refractivity (Wildman–Crippen MR) is 80.7 cm³/mol. The van der Waals surface area contributed by atoms with Crippen molar-refractivity contribution in [1.29, 1.82) is 0 Å². The molecule has 0 aliphatic carbocycles. The minimum Gasteiger partial charge on any atom is -0.496 e. The van der Waals surface area contributed by atoms with Crippen LogP contribution < -0.4 is 10.1 Å². The van der Waals surface area contributed by atoms with Gasteiger partial charge in [-0.25, -0.2) is 0 Å². The van der Waals surface area contributed by atoms with Crippen molar-refractivity contribution >= 4 is 27.7 Å². The van der Waals surface area contributed by atoms with Gasteiger partial charge in [0.05, 0.1) is 36.8 Å². The third-order valence-corrected chi connectivity index (χ3v) is 3.84. The van der Waals surface area contributed by atoms with Crippen LogP contribution in [0.15, 0.2) is 28.9 Å². The third kappa shape index (κ3) is 3.75. The molecule has 2 aromatic rings. The minimum absolute atomic E-state index is 0.159. The van der Waals surface area contributed by atoms with E-state index in [1.165, 1.54) is 11.7 Å². The van der Waals surface area contributed by atoms with Crippen LogP contribution in [-0.2, 0) is 6.42 Å². The second kappa shape index (κ2) is 6.98. The van der Waals surface area contributed by atoms with Crippen LogP contribution in [-0.4, -0.2) is 22.4 Å². The Labute approximate surface area is 125 Å². The van der Waals surface area contributed by atoms with E-state index in [-0.39, 0.29) is 6.04 Å². The summed E-state index contributed by atoms with van der Waals surface area (Å²) in [5, 5.41) is 3.44. The first kappa shape index (κ1) is 14.4. The average molecular weight is 342 g/mol. The Morgan fingerprint density at radius 1 is 1.47 bits per heavy atom. The smallest absolute Gasteiger partial charge is 0.122 e. The quantitative estimate of drug-likeness (QED) is 0.876. The molecule has 0 bridgehead atoms. The molecule has 0 amide bonds. The number of nitrogens with one attached hydrogen (secondary N) is 1. The number of aromatic nitrogens is 2. The Bertz CT molecular complexity index is 519. The highest BCUT2D eigenvalue weighted by Gasteiger charge is 2.16. The summed E-state index contributed by atoms with van der Waals surface area (Å²) in [6.07, 6.45) is 2.64. The number of nitrogens with zero attached hydrogens (tertiary/aromatic N) is 2. The summed E-state index contributed by atoms with van der Waals surface area (Å²) in [7, 11) is 1.69. The van der Waals surface area contributed by atoms with E-state index in [1.807, 2.05) is 18.3 Å². The van der Waals surface area contributed by atoms with Crippen LogP contribution in [0.3, 0.4) is 0 Å². The summed E-state index contributed by atoms with van der Waals surface area (Å²) in [5.41, 5.74) is 2.13. The fourth-order valence-electron chi connectivity index (χ4n) is 1.98. The lowest BCUT2D eigenvalue weighted by molar-refractivity contribution is 0.405. The molecule has 2 rings (SSSR count). The van der Waals surface area contributed by atoms with Crippen LogP contribution in [0.25, 0.3) is 0 Å². The standard InChI is InChI=1S/C13H16BrN3OS/c1-3-15-11(12-8-16-19-17-12)7-9-6-10(14)4-5-13(9)18-2/h4-6,8,11,15H,3,7H2,1-2H3. The van der Waals surface area contributed by atoms with Gasteiger partial charge in [-0.05, 0) is 36.7 Å². The molecule has 0 radical (unpaired) electrons. The fraction of sp³-hybridized carbons (Fsp3) is 0.385. The molecule has 1 aromatic carbocycles. The zero-order valence-corrected chi connectivity index (χ0v) is 13.3. The molecule has 4 nitrogen and oxygen atoms in total. The Balaban J connectivity index is 2.24. The second-order valence-electron chi connectivity index (χ2n) is 4.10. The number of hydrogen-bond acceptors (Lipinski definition) is 5. The van der Waals surface area contributed by atoms with E-state index in [0.717, 1.165) is 34.4 Å². The molecule has 1 unspecified atom stereocenters. The first-order valence-corrected chi connectivity index (χ1v) is 7.60. The normalized spacial score (nSPS) is 12.4. The second-order valence-corrected chi connectivity index (χ2v) is 5.58. The predicted octanol–water partition coefficient (Wildman–Crippen LogP) is 3.20. The summed E-state index contributed by atoms with van der Waals surface area (Å²) in [4.78, 5) is 0. The van der Waals surface area contributed by atoms with Crippen molar-refractivity contribution < 1.29 is 4.74 Å². The molecule has 1 heterocycles. The highest BCUT2D eigenvalue weighted by atomic mass is 79.9. The SMILES string of the molecule is CCNC(Cc1cc(Br)ccc1OC)c1cnsn1. The number of benzene rings is 1. The monoisotopic (exact) mass is 341 g/mol. The fourth-order valence-corrected chi connectivity index (χ4v) is 2.86. The molecule has 1 atom stereocenters. The zero-order chi connectivity index (χ0) is 13.7. The maximum atomic E-state index is 5.41. The van der Waals surface area contributed by atoms with Gasteiger partial charge in [0.15, 0.2) is 0 Å². The Morgan fingerprint density at radius 3 is 2.95 bits per heavy atom. The van der Waals surface area contributed by atoms with Crippen LogP contribution >= 0.6 is 27.7 Å². The number of ether oxygens (including phenoxy) is 1. The van der Waals surface area contributed by atoms with E-state index < -0.39 is 0 Å². The first-order chi connectivity index (χ1) is 9.24. The number of rotatable bonds is 6. The zero-order valence-electron chi connectivity index (χ0n) is 10.9. The highest BCUT2D eigenvalue weighted by molar-refractivity contribution is 9.10. The number of hydrogen-bond donors (Lipinski definition) is 1. The van der Waals surface area contributed by atoms with Crippen LogP contribution in [0.2, 0.25) is 0 Å². The third-order valence-electron chi connectivity index (χ3n) is 2.85. The van der Waals surface area contributed by atoms with Crippen molar-refractivity contribution in [3.63, 3.8) is 0 Å². The van der Waals surface area contributed by atoms with Crippen molar-refractivity contribution in [3.8, 4) is 5.75 Å². The molecule has 0 aliphatic rings. The molecule has 1 N–H and O–H groups in total. The van der Waals surface area contributed by atoms with Gasteiger partial charge >= 0.3 is 0 Å². The van der Waals surface area contributed by atoms with E-state index in [1.54, 1.807) is 7.11 Å². The van der Waals surface area contributed by atoms with Gasteiger partial charge < -0.3 is 10.1 Å². The maximum Gasteiger partial charge on any atom is 0.122 e. The number of likely N-dealkylation sites (N-methyl/N-ethyl adjacent to an activating group) is 1. The molecule has 1 aromatic heterocycles.